The number of pyridine rings is 1. The van der Waals surface area contributed by atoms with E-state index in [4.69, 9.17) is 29.6 Å². The predicted molar refractivity (Wildman–Crippen MR) is 88.5 cm³/mol. The minimum absolute atomic E-state index is 0.134. The Hall–Kier alpha value is -0.980. The fourth-order valence-electron chi connectivity index (χ4n) is 2.66. The molecule has 1 aliphatic heterocycles. The molecule has 0 saturated carbocycles. The summed E-state index contributed by atoms with van der Waals surface area (Å²) in [5.74, 6) is -0.0168. The Bertz CT molecular complexity index is 506. The Balaban J connectivity index is 2.01. The Morgan fingerprint density at radius 3 is 2.67 bits per heavy atom. The zero-order valence-electron chi connectivity index (χ0n) is 12.1. The molecular formula is C14H20ClFN4S. The van der Waals surface area contributed by atoms with Crippen LogP contribution in [0.3, 0.4) is 0 Å². The number of hydrogen-bond donors (Lipinski definition) is 1. The third-order valence-electron chi connectivity index (χ3n) is 3.73. The molecule has 0 aromatic carbocycles. The van der Waals surface area contributed by atoms with Crippen molar-refractivity contribution in [1.82, 2.24) is 9.88 Å². The van der Waals surface area contributed by atoms with E-state index in [0.29, 0.717) is 28.9 Å². The van der Waals surface area contributed by atoms with Crippen molar-refractivity contribution >= 4 is 34.6 Å². The van der Waals surface area contributed by atoms with Crippen LogP contribution in [0.4, 0.5) is 10.2 Å². The summed E-state index contributed by atoms with van der Waals surface area (Å²) in [6, 6.07) is 1.43. The lowest BCUT2D eigenvalue weighted by Crippen LogP contribution is -2.54. The van der Waals surface area contributed by atoms with Crippen molar-refractivity contribution in [2.75, 3.05) is 31.1 Å². The molecule has 2 N–H and O–H groups in total. The van der Waals surface area contributed by atoms with Crippen LogP contribution in [-0.2, 0) is 0 Å². The largest absolute Gasteiger partial charge is 0.392 e. The molecule has 0 bridgehead atoms. The van der Waals surface area contributed by atoms with Gasteiger partial charge in [0.2, 0.25) is 0 Å². The van der Waals surface area contributed by atoms with Gasteiger partial charge in [-0.25, -0.2) is 9.37 Å². The normalized spacial score (nSPS) is 17.8. The van der Waals surface area contributed by atoms with Crippen molar-refractivity contribution < 1.29 is 4.39 Å². The maximum atomic E-state index is 13.9. The van der Waals surface area contributed by atoms with Crippen LogP contribution >= 0.6 is 23.8 Å². The Morgan fingerprint density at radius 1 is 1.48 bits per heavy atom. The number of thiocarbonyl (C=S) groups is 1. The first-order valence-corrected chi connectivity index (χ1v) is 7.91. The fraction of sp³-hybridized carbons (Fsp3) is 0.571. The van der Waals surface area contributed by atoms with Gasteiger partial charge < -0.3 is 10.6 Å². The molecule has 7 heteroatoms. The van der Waals surface area contributed by atoms with Crippen LogP contribution in [0.1, 0.15) is 19.8 Å². The molecule has 1 atom stereocenters. The zero-order chi connectivity index (χ0) is 15.4. The second-order valence-electron chi connectivity index (χ2n) is 5.19. The summed E-state index contributed by atoms with van der Waals surface area (Å²) >= 11 is 10.9. The van der Waals surface area contributed by atoms with Gasteiger partial charge in [0.25, 0.3) is 0 Å². The van der Waals surface area contributed by atoms with Crippen molar-refractivity contribution in [2.24, 2.45) is 5.73 Å². The molecule has 2 heterocycles. The Morgan fingerprint density at radius 2 is 2.14 bits per heavy atom. The molecule has 0 aliphatic carbocycles. The Kier molecular flexibility index (Phi) is 5.72. The molecule has 0 spiro atoms. The summed E-state index contributed by atoms with van der Waals surface area (Å²) in [5, 5.41) is 0.311. The third-order valence-corrected chi connectivity index (χ3v) is 4.21. The first-order chi connectivity index (χ1) is 10.0. The highest BCUT2D eigenvalue weighted by atomic mass is 35.5. The van der Waals surface area contributed by atoms with E-state index in [2.05, 4.69) is 16.8 Å². The lowest BCUT2D eigenvalue weighted by atomic mass is 10.1. The van der Waals surface area contributed by atoms with Gasteiger partial charge in [0.15, 0.2) is 11.6 Å². The van der Waals surface area contributed by atoms with E-state index >= 15 is 0 Å². The maximum absolute atomic E-state index is 13.9. The number of halogens is 2. The summed E-state index contributed by atoms with van der Waals surface area (Å²) in [7, 11) is 0. The number of aromatic nitrogens is 1. The molecule has 116 valence electrons. The third kappa shape index (κ3) is 4.02. The highest BCUT2D eigenvalue weighted by molar-refractivity contribution is 7.80. The van der Waals surface area contributed by atoms with Crippen LogP contribution in [0.15, 0.2) is 12.3 Å². The van der Waals surface area contributed by atoms with Gasteiger partial charge in [0.1, 0.15) is 0 Å². The first kappa shape index (κ1) is 16.4. The molecule has 1 unspecified atom stereocenters. The first-order valence-electron chi connectivity index (χ1n) is 7.12. The standard InChI is InChI=1S/C14H20ClFN4S/c1-2-3-12(13(17)21)19-4-6-20(7-5-19)14-11(16)8-10(15)9-18-14/h8-9,12H,2-7H2,1H3,(H2,17,21). The van der Waals surface area contributed by atoms with Crippen molar-refractivity contribution in [3.05, 3.63) is 23.1 Å². The monoisotopic (exact) mass is 330 g/mol. The second kappa shape index (κ2) is 7.33. The van der Waals surface area contributed by atoms with Gasteiger partial charge in [-0.15, -0.1) is 0 Å². The van der Waals surface area contributed by atoms with E-state index in [0.717, 1.165) is 25.9 Å². The van der Waals surface area contributed by atoms with Gasteiger partial charge in [0, 0.05) is 32.4 Å². The maximum Gasteiger partial charge on any atom is 0.167 e. The van der Waals surface area contributed by atoms with Crippen LogP contribution in [0.2, 0.25) is 5.02 Å². The van der Waals surface area contributed by atoms with Crippen molar-refractivity contribution in [2.45, 2.75) is 25.8 Å². The molecule has 1 fully saturated rings. The molecule has 2 rings (SSSR count). The summed E-state index contributed by atoms with van der Waals surface area (Å²) in [4.78, 5) is 8.84. The molecule has 1 aromatic rings. The number of anilines is 1. The summed E-state index contributed by atoms with van der Waals surface area (Å²) in [5.41, 5.74) is 5.83. The number of hydrogen-bond acceptors (Lipinski definition) is 4. The van der Waals surface area contributed by atoms with E-state index in [-0.39, 0.29) is 11.9 Å². The second-order valence-corrected chi connectivity index (χ2v) is 6.10. The van der Waals surface area contributed by atoms with Crippen LogP contribution < -0.4 is 10.6 Å². The number of rotatable bonds is 5. The Labute approximate surface area is 135 Å². The van der Waals surface area contributed by atoms with Crippen LogP contribution in [0.5, 0.6) is 0 Å². The highest BCUT2D eigenvalue weighted by Crippen LogP contribution is 2.22. The summed E-state index contributed by atoms with van der Waals surface area (Å²) in [6.07, 6.45) is 3.47. The molecule has 21 heavy (non-hydrogen) atoms. The average Bonchev–Trinajstić information content (AvgIpc) is 2.45. The van der Waals surface area contributed by atoms with Crippen molar-refractivity contribution in [3.8, 4) is 0 Å². The van der Waals surface area contributed by atoms with E-state index in [1.54, 1.807) is 0 Å². The van der Waals surface area contributed by atoms with E-state index in [1.807, 2.05) is 4.90 Å². The minimum Gasteiger partial charge on any atom is -0.392 e. The molecular weight excluding hydrogens is 311 g/mol. The topological polar surface area (TPSA) is 45.4 Å². The predicted octanol–water partition coefficient (Wildman–Crippen LogP) is 2.45. The summed E-state index contributed by atoms with van der Waals surface area (Å²) < 4.78 is 13.9. The SMILES string of the molecule is CCCC(C(N)=S)N1CCN(c2ncc(Cl)cc2F)CC1. The number of nitrogens with two attached hydrogens (primary N) is 1. The highest BCUT2D eigenvalue weighted by Gasteiger charge is 2.26. The number of nitrogens with zero attached hydrogens (tertiary/aromatic N) is 3. The number of piperazine rings is 1. The van der Waals surface area contributed by atoms with Crippen LogP contribution in [0.25, 0.3) is 0 Å². The minimum atomic E-state index is -0.379. The van der Waals surface area contributed by atoms with Crippen molar-refractivity contribution in [3.63, 3.8) is 0 Å². The van der Waals surface area contributed by atoms with Crippen LogP contribution in [0, 0.1) is 5.82 Å². The van der Waals surface area contributed by atoms with E-state index < -0.39 is 0 Å². The van der Waals surface area contributed by atoms with Crippen LogP contribution in [-0.4, -0.2) is 47.1 Å². The van der Waals surface area contributed by atoms with Gasteiger partial charge in [-0.1, -0.05) is 37.2 Å². The lowest BCUT2D eigenvalue weighted by Gasteiger charge is -2.39. The molecule has 0 amide bonds. The molecule has 1 saturated heterocycles. The van der Waals surface area contributed by atoms with Gasteiger partial charge >= 0.3 is 0 Å². The molecule has 1 aliphatic rings. The quantitative estimate of drug-likeness (QED) is 0.840. The van der Waals surface area contributed by atoms with Gasteiger partial charge in [-0.3, -0.25) is 4.90 Å². The smallest absolute Gasteiger partial charge is 0.167 e. The molecule has 4 nitrogen and oxygen atoms in total. The van der Waals surface area contributed by atoms with Crippen molar-refractivity contribution in [1.29, 1.82) is 0 Å². The summed E-state index contributed by atoms with van der Waals surface area (Å²) in [6.45, 7) is 5.12. The lowest BCUT2D eigenvalue weighted by molar-refractivity contribution is 0.218. The van der Waals surface area contributed by atoms with E-state index in [1.165, 1.54) is 12.3 Å². The van der Waals surface area contributed by atoms with Gasteiger partial charge in [0.05, 0.1) is 16.1 Å². The van der Waals surface area contributed by atoms with Gasteiger partial charge in [-0.05, 0) is 12.5 Å². The molecule has 0 radical (unpaired) electrons. The molecule has 1 aromatic heterocycles. The fourth-order valence-corrected chi connectivity index (χ4v) is 3.08. The average molecular weight is 331 g/mol. The van der Waals surface area contributed by atoms with Gasteiger partial charge in [-0.2, -0.15) is 0 Å². The zero-order valence-corrected chi connectivity index (χ0v) is 13.6. The van der Waals surface area contributed by atoms with E-state index in [9.17, 15) is 4.39 Å².